The molecule has 1 aromatic heterocycles. The standard InChI is InChI=1S/C12H14FNO4S/c13-9-2-1-8(19-9)11(17)14-12(7-10(15)16)3-5-18-6-4-12/h1-2H,3-7H2,(H,14,17)(H,15,16). The molecule has 1 fully saturated rings. The molecule has 1 aromatic rings. The molecular weight excluding hydrogens is 273 g/mol. The second kappa shape index (κ2) is 5.66. The van der Waals surface area contributed by atoms with Gasteiger partial charge in [-0.1, -0.05) is 0 Å². The van der Waals surface area contributed by atoms with Crippen molar-refractivity contribution >= 4 is 23.2 Å². The normalized spacial score (nSPS) is 17.9. The number of thiophene rings is 1. The number of aliphatic carboxylic acids is 1. The van der Waals surface area contributed by atoms with Crippen molar-refractivity contribution in [1.82, 2.24) is 5.32 Å². The van der Waals surface area contributed by atoms with Crippen molar-refractivity contribution in [3.63, 3.8) is 0 Å². The van der Waals surface area contributed by atoms with Gasteiger partial charge >= 0.3 is 5.97 Å². The van der Waals surface area contributed by atoms with Crippen LogP contribution in [-0.4, -0.2) is 35.7 Å². The van der Waals surface area contributed by atoms with E-state index in [1.54, 1.807) is 0 Å². The lowest BCUT2D eigenvalue weighted by Crippen LogP contribution is -2.53. The first-order valence-electron chi connectivity index (χ1n) is 5.88. The fourth-order valence-electron chi connectivity index (χ4n) is 2.14. The van der Waals surface area contributed by atoms with E-state index in [2.05, 4.69) is 5.32 Å². The van der Waals surface area contributed by atoms with E-state index in [9.17, 15) is 14.0 Å². The Kier molecular flexibility index (Phi) is 4.16. The Morgan fingerprint density at radius 1 is 1.42 bits per heavy atom. The van der Waals surface area contributed by atoms with E-state index >= 15 is 0 Å². The van der Waals surface area contributed by atoms with Gasteiger partial charge in [0, 0.05) is 13.2 Å². The zero-order chi connectivity index (χ0) is 13.9. The fourth-order valence-corrected chi connectivity index (χ4v) is 2.76. The van der Waals surface area contributed by atoms with E-state index in [1.165, 1.54) is 12.1 Å². The van der Waals surface area contributed by atoms with Crippen LogP contribution in [0.2, 0.25) is 0 Å². The molecule has 0 aromatic carbocycles. The Labute approximate surface area is 113 Å². The van der Waals surface area contributed by atoms with Crippen LogP contribution in [0.25, 0.3) is 0 Å². The molecule has 0 bridgehead atoms. The van der Waals surface area contributed by atoms with Crippen LogP contribution in [0.4, 0.5) is 4.39 Å². The summed E-state index contributed by atoms with van der Waals surface area (Å²) < 4.78 is 18.1. The van der Waals surface area contributed by atoms with Gasteiger partial charge in [-0.2, -0.15) is 4.39 Å². The van der Waals surface area contributed by atoms with Crippen LogP contribution in [0.5, 0.6) is 0 Å². The van der Waals surface area contributed by atoms with Gasteiger partial charge in [-0.25, -0.2) is 0 Å². The topological polar surface area (TPSA) is 75.6 Å². The fraction of sp³-hybridized carbons (Fsp3) is 0.500. The first-order valence-corrected chi connectivity index (χ1v) is 6.70. The van der Waals surface area contributed by atoms with Crippen LogP contribution in [0.15, 0.2) is 12.1 Å². The van der Waals surface area contributed by atoms with Crippen LogP contribution >= 0.6 is 11.3 Å². The second-order valence-electron chi connectivity index (χ2n) is 4.52. The zero-order valence-corrected chi connectivity index (χ0v) is 11.0. The van der Waals surface area contributed by atoms with Crippen molar-refractivity contribution < 1.29 is 23.8 Å². The number of nitrogens with one attached hydrogen (secondary N) is 1. The van der Waals surface area contributed by atoms with Crippen LogP contribution in [-0.2, 0) is 9.53 Å². The molecule has 5 nitrogen and oxygen atoms in total. The maximum atomic E-state index is 12.9. The van der Waals surface area contributed by atoms with Gasteiger partial charge in [0.1, 0.15) is 0 Å². The quantitative estimate of drug-likeness (QED) is 0.882. The third-order valence-electron chi connectivity index (χ3n) is 3.12. The molecule has 2 N–H and O–H groups in total. The molecule has 0 saturated carbocycles. The molecule has 0 aliphatic carbocycles. The lowest BCUT2D eigenvalue weighted by molar-refractivity contribution is -0.139. The summed E-state index contributed by atoms with van der Waals surface area (Å²) in [5.74, 6) is -1.41. The summed E-state index contributed by atoms with van der Waals surface area (Å²) in [6, 6.07) is 2.61. The predicted octanol–water partition coefficient (Wildman–Crippen LogP) is 1.64. The maximum Gasteiger partial charge on any atom is 0.305 e. The second-order valence-corrected chi connectivity index (χ2v) is 5.56. The molecule has 1 amide bonds. The summed E-state index contributed by atoms with van der Waals surface area (Å²) in [4.78, 5) is 23.2. The summed E-state index contributed by atoms with van der Waals surface area (Å²) in [5.41, 5.74) is -0.804. The Morgan fingerprint density at radius 3 is 2.63 bits per heavy atom. The molecule has 1 saturated heterocycles. The van der Waals surface area contributed by atoms with Crippen molar-refractivity contribution in [3.05, 3.63) is 22.1 Å². The van der Waals surface area contributed by atoms with Gasteiger partial charge in [0.15, 0.2) is 5.13 Å². The van der Waals surface area contributed by atoms with E-state index in [0.29, 0.717) is 26.1 Å². The van der Waals surface area contributed by atoms with Crippen molar-refractivity contribution in [1.29, 1.82) is 0 Å². The Bertz CT molecular complexity index is 482. The molecule has 2 heterocycles. The summed E-state index contributed by atoms with van der Waals surface area (Å²) >= 11 is 0.745. The third-order valence-corrected chi connectivity index (χ3v) is 3.99. The highest BCUT2D eigenvalue weighted by molar-refractivity contribution is 7.12. The number of hydrogen-bond acceptors (Lipinski definition) is 4. The van der Waals surface area contributed by atoms with Gasteiger partial charge in [-0.05, 0) is 25.0 Å². The molecule has 1 aliphatic heterocycles. The average Bonchev–Trinajstić information content (AvgIpc) is 2.76. The first-order chi connectivity index (χ1) is 9.01. The molecule has 2 rings (SSSR count). The highest BCUT2D eigenvalue weighted by Gasteiger charge is 2.36. The average molecular weight is 287 g/mol. The summed E-state index contributed by atoms with van der Waals surface area (Å²) in [6.45, 7) is 0.818. The number of carboxylic acids is 1. The van der Waals surface area contributed by atoms with E-state index in [1.807, 2.05) is 0 Å². The SMILES string of the molecule is O=C(O)CC1(NC(=O)c2ccc(F)s2)CCOCC1. The number of rotatable bonds is 4. The van der Waals surface area contributed by atoms with Gasteiger partial charge in [0.25, 0.3) is 5.91 Å². The van der Waals surface area contributed by atoms with Gasteiger partial charge in [0.05, 0.1) is 16.8 Å². The van der Waals surface area contributed by atoms with Crippen LogP contribution in [0, 0.1) is 5.13 Å². The Balaban J connectivity index is 2.11. The Hall–Kier alpha value is -1.47. The minimum Gasteiger partial charge on any atom is -0.481 e. The van der Waals surface area contributed by atoms with Crippen LogP contribution in [0.3, 0.4) is 0 Å². The number of halogens is 1. The number of carbonyl (C=O) groups is 2. The summed E-state index contributed by atoms with van der Waals surface area (Å²) in [7, 11) is 0. The minimum atomic E-state index is -0.973. The predicted molar refractivity (Wildman–Crippen MR) is 66.8 cm³/mol. The Morgan fingerprint density at radius 2 is 2.11 bits per heavy atom. The van der Waals surface area contributed by atoms with Crippen molar-refractivity contribution in [2.75, 3.05) is 13.2 Å². The van der Waals surface area contributed by atoms with Crippen LogP contribution < -0.4 is 5.32 Å². The third kappa shape index (κ3) is 3.51. The van der Waals surface area contributed by atoms with Crippen molar-refractivity contribution in [2.45, 2.75) is 24.8 Å². The van der Waals surface area contributed by atoms with Gasteiger partial charge in [0.2, 0.25) is 0 Å². The molecule has 0 unspecified atom stereocenters. The molecule has 0 atom stereocenters. The van der Waals surface area contributed by atoms with E-state index < -0.39 is 22.5 Å². The van der Waals surface area contributed by atoms with Gasteiger partial charge in [-0.15, -0.1) is 11.3 Å². The molecule has 104 valence electrons. The lowest BCUT2D eigenvalue weighted by atomic mass is 9.86. The first kappa shape index (κ1) is 14.0. The van der Waals surface area contributed by atoms with Crippen molar-refractivity contribution in [2.24, 2.45) is 0 Å². The van der Waals surface area contributed by atoms with Crippen molar-refractivity contribution in [3.8, 4) is 0 Å². The van der Waals surface area contributed by atoms with Gasteiger partial charge < -0.3 is 15.2 Å². The summed E-state index contributed by atoms with van der Waals surface area (Å²) in [6.07, 6.45) is 0.730. The molecule has 1 aliphatic rings. The maximum absolute atomic E-state index is 12.9. The summed E-state index contributed by atoms with van der Waals surface area (Å²) in [5, 5.41) is 11.3. The number of carbonyl (C=O) groups excluding carboxylic acids is 1. The highest BCUT2D eigenvalue weighted by atomic mass is 32.1. The monoisotopic (exact) mass is 287 g/mol. The molecule has 0 spiro atoms. The van der Waals surface area contributed by atoms with E-state index in [4.69, 9.17) is 9.84 Å². The minimum absolute atomic E-state index is 0.157. The smallest absolute Gasteiger partial charge is 0.305 e. The van der Waals surface area contributed by atoms with Crippen LogP contribution in [0.1, 0.15) is 28.9 Å². The van der Waals surface area contributed by atoms with Gasteiger partial charge in [-0.3, -0.25) is 9.59 Å². The van der Waals surface area contributed by atoms with E-state index in [-0.39, 0.29) is 11.3 Å². The zero-order valence-electron chi connectivity index (χ0n) is 10.1. The molecule has 7 heteroatoms. The van der Waals surface area contributed by atoms with E-state index in [0.717, 1.165) is 11.3 Å². The number of ether oxygens (including phenoxy) is 1. The number of amides is 1. The molecule has 0 radical (unpaired) electrons. The largest absolute Gasteiger partial charge is 0.481 e. The highest BCUT2D eigenvalue weighted by Crippen LogP contribution is 2.26. The lowest BCUT2D eigenvalue weighted by Gasteiger charge is -2.36. The number of hydrogen-bond donors (Lipinski definition) is 2. The number of carboxylic acid groups (broad SMARTS) is 1. The molecule has 19 heavy (non-hydrogen) atoms. The molecular formula is C12H14FNO4S.